The maximum atomic E-state index is 12.9. The summed E-state index contributed by atoms with van der Waals surface area (Å²) in [6, 6.07) is 3.89. The third-order valence-electron chi connectivity index (χ3n) is 4.52. The average molecular weight is 423 g/mol. The second-order valence-electron chi connectivity index (χ2n) is 6.55. The Kier molecular flexibility index (Phi) is 6.02. The van der Waals surface area contributed by atoms with Gasteiger partial charge in [-0.05, 0) is 37.3 Å². The summed E-state index contributed by atoms with van der Waals surface area (Å²) in [5.74, 6) is -1.39. The zero-order valence-corrected chi connectivity index (χ0v) is 16.8. The van der Waals surface area contributed by atoms with Crippen LogP contribution in [0.15, 0.2) is 30.2 Å². The molecule has 154 valence electrons. The molecule has 3 heterocycles. The summed E-state index contributed by atoms with van der Waals surface area (Å²) in [5.41, 5.74) is 1.73. The van der Waals surface area contributed by atoms with Gasteiger partial charge in [0.15, 0.2) is 0 Å². The largest absolute Gasteiger partial charge is 0.453 e. The fourth-order valence-electron chi connectivity index (χ4n) is 3.08. The molecule has 3 aromatic rings. The summed E-state index contributed by atoms with van der Waals surface area (Å²) >= 11 is 1.57. The highest BCUT2D eigenvalue weighted by Gasteiger charge is 2.37. The van der Waals surface area contributed by atoms with E-state index in [2.05, 4.69) is 21.6 Å². The molecule has 0 saturated carbocycles. The Morgan fingerprint density at radius 3 is 2.72 bits per heavy atom. The van der Waals surface area contributed by atoms with E-state index >= 15 is 0 Å². The van der Waals surface area contributed by atoms with E-state index in [9.17, 15) is 18.0 Å². The van der Waals surface area contributed by atoms with Gasteiger partial charge in [-0.3, -0.25) is 4.79 Å². The topological polar surface area (TPSA) is 63.4 Å². The zero-order chi connectivity index (χ0) is 21.2. The molecule has 1 amide bonds. The van der Waals surface area contributed by atoms with Gasteiger partial charge in [0.2, 0.25) is 5.91 Å². The van der Waals surface area contributed by atoms with Crippen LogP contribution in [-0.4, -0.2) is 36.9 Å². The average Bonchev–Trinajstić information content (AvgIpc) is 3.30. The highest BCUT2D eigenvalue weighted by Crippen LogP contribution is 2.27. The lowest BCUT2D eigenvalue weighted by atomic mass is 10.1. The molecule has 3 rings (SSSR count). The predicted octanol–water partition coefficient (Wildman–Crippen LogP) is 3.97. The van der Waals surface area contributed by atoms with Crippen LogP contribution >= 0.6 is 11.3 Å². The summed E-state index contributed by atoms with van der Waals surface area (Å²) in [6.07, 6.45) is -2.42. The van der Waals surface area contributed by atoms with E-state index in [-0.39, 0.29) is 18.1 Å². The Labute approximate surface area is 169 Å². The van der Waals surface area contributed by atoms with Crippen molar-refractivity contribution in [3.8, 4) is 0 Å². The Morgan fingerprint density at radius 2 is 2.10 bits per heavy atom. The Balaban J connectivity index is 1.79. The summed E-state index contributed by atoms with van der Waals surface area (Å²) in [7, 11) is 0. The number of aryl methyl sites for hydroxylation is 2. The minimum absolute atomic E-state index is 0.0632. The van der Waals surface area contributed by atoms with Crippen molar-refractivity contribution in [1.82, 2.24) is 24.5 Å². The van der Waals surface area contributed by atoms with Gasteiger partial charge in [-0.1, -0.05) is 12.1 Å². The molecule has 0 N–H and O–H groups in total. The van der Waals surface area contributed by atoms with Crippen LogP contribution in [0.5, 0.6) is 0 Å². The van der Waals surface area contributed by atoms with Crippen LogP contribution in [-0.2, 0) is 23.9 Å². The van der Waals surface area contributed by atoms with Gasteiger partial charge in [-0.15, -0.1) is 23.0 Å². The second kappa shape index (κ2) is 8.32. The molecule has 0 spiro atoms. The molecule has 0 fully saturated rings. The van der Waals surface area contributed by atoms with E-state index in [0.717, 1.165) is 9.39 Å². The zero-order valence-electron chi connectivity index (χ0n) is 16.0. The highest BCUT2D eigenvalue weighted by atomic mass is 32.1. The van der Waals surface area contributed by atoms with E-state index in [4.69, 9.17) is 0 Å². The number of carbonyl (C=O) groups is 1. The summed E-state index contributed by atoms with van der Waals surface area (Å²) < 4.78 is 39.8. The van der Waals surface area contributed by atoms with Gasteiger partial charge >= 0.3 is 6.18 Å². The van der Waals surface area contributed by atoms with Crippen molar-refractivity contribution < 1.29 is 18.0 Å². The van der Waals surface area contributed by atoms with Crippen LogP contribution < -0.4 is 0 Å². The number of carbonyl (C=O) groups excluding carboxylic acids is 1. The lowest BCUT2D eigenvalue weighted by Gasteiger charge is -2.21. The molecule has 0 aliphatic heterocycles. The Hall–Kier alpha value is -2.75. The lowest BCUT2D eigenvalue weighted by molar-refractivity contribution is -0.144. The maximum Gasteiger partial charge on any atom is 0.453 e. The number of halogens is 3. The van der Waals surface area contributed by atoms with Gasteiger partial charge in [-0.25, -0.2) is 9.50 Å². The summed E-state index contributed by atoms with van der Waals surface area (Å²) in [5, 5.41) is 5.49. The number of hydrogen-bond acceptors (Lipinski definition) is 5. The molecular formula is C19H20F3N5OS. The molecule has 0 saturated heterocycles. The number of fused-ring (bicyclic) bond motifs is 1. The number of hydrogen-bond donors (Lipinski definition) is 0. The van der Waals surface area contributed by atoms with Crippen molar-refractivity contribution in [2.45, 2.75) is 39.4 Å². The van der Waals surface area contributed by atoms with Crippen LogP contribution in [0.25, 0.3) is 5.78 Å². The number of alkyl halides is 3. The van der Waals surface area contributed by atoms with E-state index in [0.29, 0.717) is 36.5 Å². The van der Waals surface area contributed by atoms with Crippen LogP contribution in [0.2, 0.25) is 0 Å². The second-order valence-corrected chi connectivity index (χ2v) is 7.58. The first-order valence-electron chi connectivity index (χ1n) is 8.91. The van der Waals surface area contributed by atoms with Crippen molar-refractivity contribution in [3.63, 3.8) is 0 Å². The van der Waals surface area contributed by atoms with Gasteiger partial charge in [-0.2, -0.15) is 18.2 Å². The van der Waals surface area contributed by atoms with Crippen molar-refractivity contribution >= 4 is 23.0 Å². The molecule has 0 aliphatic carbocycles. The Morgan fingerprint density at radius 1 is 1.34 bits per heavy atom. The number of thiophene rings is 1. The molecule has 0 aliphatic rings. The number of rotatable bonds is 7. The monoisotopic (exact) mass is 423 g/mol. The molecule has 0 unspecified atom stereocenters. The van der Waals surface area contributed by atoms with Gasteiger partial charge < -0.3 is 4.90 Å². The molecule has 29 heavy (non-hydrogen) atoms. The summed E-state index contributed by atoms with van der Waals surface area (Å²) in [4.78, 5) is 23.1. The van der Waals surface area contributed by atoms with Crippen LogP contribution in [0.3, 0.4) is 0 Å². The molecule has 0 radical (unpaired) electrons. The minimum atomic E-state index is -4.64. The van der Waals surface area contributed by atoms with Gasteiger partial charge in [0.05, 0.1) is 6.54 Å². The molecular weight excluding hydrogens is 403 g/mol. The van der Waals surface area contributed by atoms with Crippen molar-refractivity contribution in [2.75, 3.05) is 6.54 Å². The summed E-state index contributed by atoms with van der Waals surface area (Å²) in [6.45, 7) is 7.97. The fourth-order valence-corrected chi connectivity index (χ4v) is 3.80. The first-order chi connectivity index (χ1) is 13.7. The first kappa shape index (κ1) is 21.0. The van der Waals surface area contributed by atoms with Crippen molar-refractivity contribution in [2.24, 2.45) is 0 Å². The molecule has 0 bridgehead atoms. The van der Waals surface area contributed by atoms with E-state index in [1.807, 2.05) is 17.5 Å². The minimum Gasteiger partial charge on any atom is -0.334 e. The van der Waals surface area contributed by atoms with E-state index < -0.39 is 12.0 Å². The van der Waals surface area contributed by atoms with Crippen molar-refractivity contribution in [3.05, 3.63) is 57.8 Å². The van der Waals surface area contributed by atoms with Crippen LogP contribution in [0, 0.1) is 13.8 Å². The van der Waals surface area contributed by atoms with Gasteiger partial charge in [0.1, 0.15) is 0 Å². The standard InChI is InChI=1S/C19H20F3N5OS/c1-4-9-26(11-14-6-5-10-29-14)16(28)8-7-15-12(2)23-18-24-17(19(20,21)22)25-27(18)13(15)3/h4-6,10H,1,7-9,11H2,2-3H3. The highest BCUT2D eigenvalue weighted by molar-refractivity contribution is 7.09. The molecule has 0 aromatic carbocycles. The first-order valence-corrected chi connectivity index (χ1v) is 9.79. The SMILES string of the molecule is C=CCN(Cc1cccs1)C(=O)CCc1c(C)nc2nc(C(F)(F)F)nn2c1C. The molecule has 3 aromatic heterocycles. The number of amides is 1. The molecule has 0 atom stereocenters. The van der Waals surface area contributed by atoms with Crippen molar-refractivity contribution in [1.29, 1.82) is 0 Å². The number of nitrogens with zero attached hydrogens (tertiary/aromatic N) is 5. The predicted molar refractivity (Wildman–Crippen MR) is 104 cm³/mol. The van der Waals surface area contributed by atoms with Gasteiger partial charge in [0, 0.05) is 29.2 Å². The Bertz CT molecular complexity index is 1030. The van der Waals surface area contributed by atoms with Crippen LogP contribution in [0.1, 0.15) is 34.1 Å². The third kappa shape index (κ3) is 4.64. The molecule has 6 nitrogen and oxygen atoms in total. The maximum absolute atomic E-state index is 12.9. The third-order valence-corrected chi connectivity index (χ3v) is 5.38. The van der Waals surface area contributed by atoms with Gasteiger partial charge in [0.25, 0.3) is 11.6 Å². The molecule has 10 heteroatoms. The number of aromatic nitrogens is 4. The van der Waals surface area contributed by atoms with Crippen LogP contribution in [0.4, 0.5) is 13.2 Å². The van der Waals surface area contributed by atoms with E-state index in [1.54, 1.807) is 36.2 Å². The fraction of sp³-hybridized carbons (Fsp3) is 0.368. The smallest absolute Gasteiger partial charge is 0.334 e. The van der Waals surface area contributed by atoms with E-state index in [1.165, 1.54) is 0 Å². The normalized spacial score (nSPS) is 11.8. The lowest BCUT2D eigenvalue weighted by Crippen LogP contribution is -2.30. The quantitative estimate of drug-likeness (QED) is 0.540.